The summed E-state index contributed by atoms with van der Waals surface area (Å²) >= 11 is 5.85. The van der Waals surface area contributed by atoms with Crippen molar-refractivity contribution >= 4 is 28.9 Å². The Balaban J connectivity index is 1.77. The molecule has 1 aliphatic rings. The van der Waals surface area contributed by atoms with E-state index < -0.39 is 24.3 Å². The van der Waals surface area contributed by atoms with Crippen LogP contribution in [0.3, 0.4) is 0 Å². The summed E-state index contributed by atoms with van der Waals surface area (Å²) in [6.07, 6.45) is -3.06. The zero-order valence-corrected chi connectivity index (χ0v) is 15.4. The summed E-state index contributed by atoms with van der Waals surface area (Å²) in [7, 11) is 0. The molecule has 1 N–H and O–H groups in total. The zero-order chi connectivity index (χ0) is 20.1. The highest BCUT2D eigenvalue weighted by Gasteiger charge is 2.32. The van der Waals surface area contributed by atoms with Crippen molar-refractivity contribution in [3.8, 4) is 5.75 Å². The van der Waals surface area contributed by atoms with E-state index in [1.165, 1.54) is 18.3 Å². The minimum Gasteiger partial charge on any atom is -0.481 e. The highest BCUT2D eigenvalue weighted by atomic mass is 35.5. The van der Waals surface area contributed by atoms with Crippen LogP contribution < -0.4 is 15.0 Å². The van der Waals surface area contributed by atoms with Crippen molar-refractivity contribution < 1.29 is 27.4 Å². The maximum absolute atomic E-state index is 13.1. The molecule has 0 bridgehead atoms. The van der Waals surface area contributed by atoms with Crippen molar-refractivity contribution in [2.75, 3.05) is 43.1 Å². The van der Waals surface area contributed by atoms with Gasteiger partial charge in [0.2, 0.25) is 0 Å². The first kappa shape index (κ1) is 20.2. The van der Waals surface area contributed by atoms with Gasteiger partial charge >= 0.3 is 6.18 Å². The summed E-state index contributed by atoms with van der Waals surface area (Å²) < 4.78 is 49.9. The maximum atomic E-state index is 13.1. The smallest absolute Gasteiger partial charge is 0.416 e. The number of rotatable bonds is 5. The van der Waals surface area contributed by atoms with Gasteiger partial charge < -0.3 is 19.7 Å². The minimum atomic E-state index is -4.53. The number of carbonyl (C=O) groups excluding carboxylic acids is 1. The Hall–Kier alpha value is -2.52. The summed E-state index contributed by atoms with van der Waals surface area (Å²) in [6, 6.07) is 6.38. The molecular formula is C18H17ClF3N3O3. The van der Waals surface area contributed by atoms with Crippen molar-refractivity contribution in [1.82, 2.24) is 4.98 Å². The molecular weight excluding hydrogens is 399 g/mol. The number of amides is 1. The van der Waals surface area contributed by atoms with Gasteiger partial charge in [-0.2, -0.15) is 13.2 Å². The molecule has 0 unspecified atom stereocenters. The quantitative estimate of drug-likeness (QED) is 0.756. The predicted molar refractivity (Wildman–Crippen MR) is 97.8 cm³/mol. The number of ether oxygens (including phenoxy) is 2. The van der Waals surface area contributed by atoms with Gasteiger partial charge in [-0.1, -0.05) is 11.6 Å². The second kappa shape index (κ2) is 8.66. The molecule has 150 valence electrons. The number of anilines is 2. The molecule has 28 heavy (non-hydrogen) atoms. The molecule has 1 fully saturated rings. The van der Waals surface area contributed by atoms with Gasteiger partial charge in [-0.05, 0) is 30.3 Å². The van der Waals surface area contributed by atoms with Gasteiger partial charge in [-0.25, -0.2) is 4.98 Å². The molecule has 3 rings (SSSR count). The molecule has 2 heterocycles. The molecule has 0 atom stereocenters. The first-order chi connectivity index (χ1) is 13.3. The molecule has 1 aliphatic heterocycles. The van der Waals surface area contributed by atoms with E-state index in [1.54, 1.807) is 6.07 Å². The molecule has 2 aromatic rings. The van der Waals surface area contributed by atoms with Crippen LogP contribution in [-0.4, -0.2) is 43.8 Å². The first-order valence-electron chi connectivity index (χ1n) is 8.41. The van der Waals surface area contributed by atoms with Crippen LogP contribution in [0, 0.1) is 0 Å². The zero-order valence-electron chi connectivity index (χ0n) is 14.6. The standard InChI is InChI=1S/C18H17ClF3N3O3/c19-17-15(2-1-5-23-17)28-11-16(26)24-13-10-12(18(20,21)22)3-4-14(13)25-6-8-27-9-7-25/h1-5,10H,6-9,11H2,(H,24,26). The molecule has 1 aromatic heterocycles. The number of carbonyl (C=O) groups is 1. The van der Waals surface area contributed by atoms with Crippen molar-refractivity contribution in [1.29, 1.82) is 0 Å². The molecule has 0 radical (unpaired) electrons. The first-order valence-corrected chi connectivity index (χ1v) is 8.79. The summed E-state index contributed by atoms with van der Waals surface area (Å²) in [5, 5.41) is 2.59. The number of benzene rings is 1. The van der Waals surface area contributed by atoms with Gasteiger partial charge in [0.15, 0.2) is 17.5 Å². The lowest BCUT2D eigenvalue weighted by Crippen LogP contribution is -2.37. The number of aromatic nitrogens is 1. The van der Waals surface area contributed by atoms with Crippen LogP contribution in [-0.2, 0) is 15.7 Å². The summed E-state index contributed by atoms with van der Waals surface area (Å²) in [4.78, 5) is 17.9. The Morgan fingerprint density at radius 2 is 2.04 bits per heavy atom. The molecule has 1 aromatic carbocycles. The van der Waals surface area contributed by atoms with E-state index in [0.717, 1.165) is 12.1 Å². The van der Waals surface area contributed by atoms with Gasteiger partial charge in [0, 0.05) is 19.3 Å². The topological polar surface area (TPSA) is 63.7 Å². The molecule has 6 nitrogen and oxygen atoms in total. The van der Waals surface area contributed by atoms with Crippen molar-refractivity contribution in [2.24, 2.45) is 0 Å². The lowest BCUT2D eigenvalue weighted by molar-refractivity contribution is -0.137. The summed E-state index contributed by atoms with van der Waals surface area (Å²) in [6.45, 7) is 1.50. The average Bonchev–Trinajstić information content (AvgIpc) is 2.67. The van der Waals surface area contributed by atoms with Gasteiger partial charge in [-0.15, -0.1) is 0 Å². The van der Waals surface area contributed by atoms with Crippen LogP contribution in [0.25, 0.3) is 0 Å². The number of hydrogen-bond donors (Lipinski definition) is 1. The van der Waals surface area contributed by atoms with Gasteiger partial charge in [0.05, 0.1) is 30.2 Å². The van der Waals surface area contributed by atoms with Gasteiger partial charge in [0.1, 0.15) is 0 Å². The lowest BCUT2D eigenvalue weighted by atomic mass is 10.1. The third kappa shape index (κ3) is 5.05. The number of hydrogen-bond acceptors (Lipinski definition) is 5. The van der Waals surface area contributed by atoms with E-state index in [0.29, 0.717) is 32.0 Å². The normalized spacial score (nSPS) is 14.6. The second-order valence-electron chi connectivity index (χ2n) is 5.96. The predicted octanol–water partition coefficient (Wildman–Crippen LogP) is 3.61. The fraction of sp³-hybridized carbons (Fsp3) is 0.333. The number of halogens is 4. The van der Waals surface area contributed by atoms with Crippen LogP contribution >= 0.6 is 11.6 Å². The third-order valence-corrected chi connectivity index (χ3v) is 4.32. The largest absolute Gasteiger partial charge is 0.481 e. The average molecular weight is 416 g/mol. The van der Waals surface area contributed by atoms with E-state index in [-0.39, 0.29) is 16.6 Å². The molecule has 10 heteroatoms. The van der Waals surface area contributed by atoms with E-state index >= 15 is 0 Å². The Morgan fingerprint density at radius 1 is 1.29 bits per heavy atom. The number of pyridine rings is 1. The third-order valence-electron chi connectivity index (χ3n) is 4.03. The van der Waals surface area contributed by atoms with E-state index in [4.69, 9.17) is 21.1 Å². The van der Waals surface area contributed by atoms with Crippen LogP contribution in [0.2, 0.25) is 5.15 Å². The van der Waals surface area contributed by atoms with E-state index in [2.05, 4.69) is 10.3 Å². The summed E-state index contributed by atoms with van der Waals surface area (Å²) in [5.41, 5.74) is -0.303. The maximum Gasteiger partial charge on any atom is 0.416 e. The Bertz CT molecular complexity index is 842. The van der Waals surface area contributed by atoms with Crippen molar-refractivity contribution in [3.63, 3.8) is 0 Å². The SMILES string of the molecule is O=C(COc1cccnc1Cl)Nc1cc(C(F)(F)F)ccc1N1CCOCC1. The van der Waals surface area contributed by atoms with Crippen LogP contribution in [0.4, 0.5) is 24.5 Å². The van der Waals surface area contributed by atoms with Gasteiger partial charge in [0.25, 0.3) is 5.91 Å². The lowest BCUT2D eigenvalue weighted by Gasteiger charge is -2.31. The number of nitrogens with one attached hydrogen (secondary N) is 1. The monoisotopic (exact) mass is 415 g/mol. The molecule has 0 aliphatic carbocycles. The van der Waals surface area contributed by atoms with Crippen LogP contribution in [0.5, 0.6) is 5.75 Å². The molecule has 1 saturated heterocycles. The fourth-order valence-corrected chi connectivity index (χ4v) is 2.87. The number of nitrogens with zero attached hydrogens (tertiary/aromatic N) is 2. The highest BCUT2D eigenvalue weighted by molar-refractivity contribution is 6.30. The number of alkyl halides is 3. The van der Waals surface area contributed by atoms with Crippen molar-refractivity contribution in [3.05, 3.63) is 47.2 Å². The van der Waals surface area contributed by atoms with E-state index in [1.807, 2.05) is 4.90 Å². The second-order valence-corrected chi connectivity index (χ2v) is 6.32. The number of morpholine rings is 1. The Morgan fingerprint density at radius 3 is 2.71 bits per heavy atom. The fourth-order valence-electron chi connectivity index (χ4n) is 2.70. The highest BCUT2D eigenvalue weighted by Crippen LogP contribution is 2.35. The van der Waals surface area contributed by atoms with Crippen LogP contribution in [0.1, 0.15) is 5.56 Å². The van der Waals surface area contributed by atoms with Crippen LogP contribution in [0.15, 0.2) is 36.5 Å². The molecule has 0 saturated carbocycles. The Labute approximate surface area is 164 Å². The summed E-state index contributed by atoms with van der Waals surface area (Å²) in [5.74, 6) is -0.412. The molecule has 0 spiro atoms. The van der Waals surface area contributed by atoms with Gasteiger partial charge in [-0.3, -0.25) is 4.79 Å². The Kier molecular flexibility index (Phi) is 6.25. The van der Waals surface area contributed by atoms with E-state index in [9.17, 15) is 18.0 Å². The molecule has 1 amide bonds. The minimum absolute atomic E-state index is 0.0580. The van der Waals surface area contributed by atoms with Crippen molar-refractivity contribution in [2.45, 2.75) is 6.18 Å².